The van der Waals surface area contributed by atoms with Gasteiger partial charge in [0.2, 0.25) is 0 Å². The molecule has 0 saturated heterocycles. The second kappa shape index (κ2) is 8.14. The van der Waals surface area contributed by atoms with Crippen LogP contribution in [-0.4, -0.2) is 53.7 Å². The maximum Gasteiger partial charge on any atom is 0.326 e. The van der Waals surface area contributed by atoms with E-state index < -0.39 is 5.97 Å². The molecule has 1 aliphatic rings. The topological polar surface area (TPSA) is 75.6 Å². The standard InChI is InChI=1S/C18H19ClN4O3/c1-22(16-7-6-15(19)20-21-16)11-18(25)26-12-17(24)23-9-8-13-4-2-3-5-14(13)10-23/h2-7H,8-12H2,1H3. The lowest BCUT2D eigenvalue weighted by molar-refractivity contribution is -0.151. The molecule has 0 atom stereocenters. The Morgan fingerprint density at radius 2 is 1.96 bits per heavy atom. The van der Waals surface area contributed by atoms with Gasteiger partial charge in [-0.15, -0.1) is 10.2 Å². The molecule has 1 aromatic heterocycles. The van der Waals surface area contributed by atoms with Gasteiger partial charge in [-0.05, 0) is 29.7 Å². The van der Waals surface area contributed by atoms with E-state index in [1.54, 1.807) is 29.0 Å². The molecule has 0 saturated carbocycles. The number of aromatic nitrogens is 2. The molecule has 0 fully saturated rings. The first kappa shape index (κ1) is 18.1. The zero-order valence-corrected chi connectivity index (χ0v) is 15.1. The molecule has 0 unspecified atom stereocenters. The third-order valence-electron chi connectivity index (χ3n) is 4.22. The van der Waals surface area contributed by atoms with Crippen molar-refractivity contribution in [3.63, 3.8) is 0 Å². The van der Waals surface area contributed by atoms with Crippen LogP contribution in [-0.2, 0) is 27.3 Å². The van der Waals surface area contributed by atoms with Gasteiger partial charge in [0, 0.05) is 20.1 Å². The summed E-state index contributed by atoms with van der Waals surface area (Å²) in [6.45, 7) is 0.883. The van der Waals surface area contributed by atoms with Crippen molar-refractivity contribution < 1.29 is 14.3 Å². The Labute approximate surface area is 156 Å². The summed E-state index contributed by atoms with van der Waals surface area (Å²) in [5.74, 6) is -0.206. The maximum atomic E-state index is 12.3. The molecule has 7 nitrogen and oxygen atoms in total. The molecular formula is C18H19ClN4O3. The van der Waals surface area contributed by atoms with Gasteiger partial charge in [0.05, 0.1) is 0 Å². The first-order chi connectivity index (χ1) is 12.5. The van der Waals surface area contributed by atoms with E-state index >= 15 is 0 Å². The number of rotatable bonds is 5. The Balaban J connectivity index is 1.47. The number of hydrogen-bond donors (Lipinski definition) is 0. The molecular weight excluding hydrogens is 356 g/mol. The van der Waals surface area contributed by atoms with Crippen molar-refractivity contribution in [1.29, 1.82) is 0 Å². The molecule has 2 aromatic rings. The number of anilines is 1. The van der Waals surface area contributed by atoms with E-state index in [4.69, 9.17) is 16.3 Å². The zero-order valence-electron chi connectivity index (χ0n) is 14.4. The SMILES string of the molecule is CN(CC(=O)OCC(=O)N1CCc2ccccc2C1)c1ccc(Cl)nn1. The Morgan fingerprint density at radius 1 is 1.19 bits per heavy atom. The van der Waals surface area contributed by atoms with Gasteiger partial charge < -0.3 is 14.5 Å². The van der Waals surface area contributed by atoms with Crippen LogP contribution in [0, 0.1) is 0 Å². The fraction of sp³-hybridized carbons (Fsp3) is 0.333. The molecule has 3 rings (SSSR count). The van der Waals surface area contributed by atoms with Crippen molar-refractivity contribution >= 4 is 29.3 Å². The predicted octanol–water partition coefficient (Wildman–Crippen LogP) is 1.69. The fourth-order valence-electron chi connectivity index (χ4n) is 2.77. The molecule has 2 heterocycles. The summed E-state index contributed by atoms with van der Waals surface area (Å²) in [7, 11) is 1.68. The van der Waals surface area contributed by atoms with Crippen LogP contribution in [0.2, 0.25) is 5.15 Å². The number of amides is 1. The van der Waals surface area contributed by atoms with Gasteiger partial charge in [0.1, 0.15) is 6.54 Å². The summed E-state index contributed by atoms with van der Waals surface area (Å²) >= 11 is 5.69. The number of halogens is 1. The van der Waals surface area contributed by atoms with Crippen molar-refractivity contribution in [2.24, 2.45) is 0 Å². The van der Waals surface area contributed by atoms with Gasteiger partial charge in [-0.3, -0.25) is 9.59 Å². The van der Waals surface area contributed by atoms with Gasteiger partial charge in [0.25, 0.3) is 5.91 Å². The number of benzene rings is 1. The monoisotopic (exact) mass is 374 g/mol. The zero-order chi connectivity index (χ0) is 18.5. The molecule has 0 bridgehead atoms. The Hall–Kier alpha value is -2.67. The highest BCUT2D eigenvalue weighted by molar-refractivity contribution is 6.29. The molecule has 0 aliphatic carbocycles. The summed E-state index contributed by atoms with van der Waals surface area (Å²) < 4.78 is 5.11. The van der Waals surface area contributed by atoms with Crippen LogP contribution in [0.1, 0.15) is 11.1 Å². The van der Waals surface area contributed by atoms with Crippen molar-refractivity contribution in [2.75, 3.05) is 31.6 Å². The Kier molecular flexibility index (Phi) is 5.68. The molecule has 0 radical (unpaired) electrons. The number of ether oxygens (including phenoxy) is 1. The maximum absolute atomic E-state index is 12.3. The van der Waals surface area contributed by atoms with Crippen LogP contribution in [0.4, 0.5) is 5.82 Å². The van der Waals surface area contributed by atoms with Gasteiger partial charge in [-0.2, -0.15) is 0 Å². The molecule has 8 heteroatoms. The van der Waals surface area contributed by atoms with Crippen molar-refractivity contribution in [1.82, 2.24) is 15.1 Å². The van der Waals surface area contributed by atoms with Crippen molar-refractivity contribution in [2.45, 2.75) is 13.0 Å². The average molecular weight is 375 g/mol. The number of carbonyl (C=O) groups excluding carboxylic acids is 2. The number of fused-ring (bicyclic) bond motifs is 1. The number of esters is 1. The predicted molar refractivity (Wildman–Crippen MR) is 96.8 cm³/mol. The second-order valence-corrected chi connectivity index (χ2v) is 6.45. The average Bonchev–Trinajstić information content (AvgIpc) is 2.66. The largest absolute Gasteiger partial charge is 0.454 e. The molecule has 136 valence electrons. The van der Waals surface area contributed by atoms with Crippen LogP contribution >= 0.6 is 11.6 Å². The highest BCUT2D eigenvalue weighted by atomic mass is 35.5. The normalized spacial score (nSPS) is 13.1. The minimum atomic E-state index is -0.505. The van der Waals surface area contributed by atoms with E-state index in [2.05, 4.69) is 16.3 Å². The minimum Gasteiger partial charge on any atom is -0.454 e. The lowest BCUT2D eigenvalue weighted by Crippen LogP contribution is -2.39. The van der Waals surface area contributed by atoms with E-state index in [9.17, 15) is 9.59 Å². The summed E-state index contributed by atoms with van der Waals surface area (Å²) in [5, 5.41) is 7.88. The molecule has 1 aromatic carbocycles. The number of nitrogens with zero attached hydrogens (tertiary/aromatic N) is 4. The van der Waals surface area contributed by atoms with Crippen molar-refractivity contribution in [3.05, 3.63) is 52.7 Å². The lowest BCUT2D eigenvalue weighted by Gasteiger charge is -2.28. The van der Waals surface area contributed by atoms with Crippen LogP contribution in [0.15, 0.2) is 36.4 Å². The van der Waals surface area contributed by atoms with Crippen molar-refractivity contribution in [3.8, 4) is 0 Å². The third kappa shape index (κ3) is 4.49. The lowest BCUT2D eigenvalue weighted by atomic mass is 10.00. The third-order valence-corrected chi connectivity index (χ3v) is 4.42. The molecule has 1 aliphatic heterocycles. The Bertz CT molecular complexity index is 797. The summed E-state index contributed by atoms with van der Waals surface area (Å²) in [5.41, 5.74) is 2.40. The molecule has 0 N–H and O–H groups in total. The number of carbonyl (C=O) groups is 2. The van der Waals surface area contributed by atoms with E-state index in [1.165, 1.54) is 5.56 Å². The van der Waals surface area contributed by atoms with E-state index in [0.29, 0.717) is 18.9 Å². The highest BCUT2D eigenvalue weighted by Crippen LogP contribution is 2.18. The first-order valence-corrected chi connectivity index (χ1v) is 8.61. The van der Waals surface area contributed by atoms with Gasteiger partial charge >= 0.3 is 5.97 Å². The fourth-order valence-corrected chi connectivity index (χ4v) is 2.88. The van der Waals surface area contributed by atoms with Crippen LogP contribution in [0.25, 0.3) is 0 Å². The summed E-state index contributed by atoms with van der Waals surface area (Å²) in [4.78, 5) is 27.6. The smallest absolute Gasteiger partial charge is 0.326 e. The minimum absolute atomic E-state index is 0.0353. The van der Waals surface area contributed by atoms with E-state index in [0.717, 1.165) is 12.0 Å². The first-order valence-electron chi connectivity index (χ1n) is 8.23. The molecule has 0 spiro atoms. The molecule has 1 amide bonds. The van der Waals surface area contributed by atoms with Gasteiger partial charge in [0.15, 0.2) is 17.6 Å². The number of likely N-dealkylation sites (N-methyl/N-ethyl adjacent to an activating group) is 1. The number of hydrogen-bond acceptors (Lipinski definition) is 6. The summed E-state index contributed by atoms with van der Waals surface area (Å²) in [6, 6.07) is 11.3. The Morgan fingerprint density at radius 3 is 2.69 bits per heavy atom. The van der Waals surface area contributed by atoms with E-state index in [-0.39, 0.29) is 24.2 Å². The quantitative estimate of drug-likeness (QED) is 0.741. The van der Waals surface area contributed by atoms with Gasteiger partial charge in [-0.25, -0.2) is 0 Å². The van der Waals surface area contributed by atoms with Crippen LogP contribution in [0.3, 0.4) is 0 Å². The van der Waals surface area contributed by atoms with Gasteiger partial charge in [-0.1, -0.05) is 35.9 Å². The van der Waals surface area contributed by atoms with Crippen LogP contribution < -0.4 is 4.90 Å². The van der Waals surface area contributed by atoms with Crippen LogP contribution in [0.5, 0.6) is 0 Å². The van der Waals surface area contributed by atoms with E-state index in [1.807, 2.05) is 18.2 Å². The molecule has 26 heavy (non-hydrogen) atoms. The highest BCUT2D eigenvalue weighted by Gasteiger charge is 2.21. The summed E-state index contributed by atoms with van der Waals surface area (Å²) in [6.07, 6.45) is 0.813. The second-order valence-electron chi connectivity index (χ2n) is 6.07.